The maximum atomic E-state index is 14.0. The molecule has 0 atom stereocenters. The van der Waals surface area contributed by atoms with Crippen LogP contribution in [0.5, 0.6) is 5.75 Å². The van der Waals surface area contributed by atoms with Gasteiger partial charge < -0.3 is 25.0 Å². The summed E-state index contributed by atoms with van der Waals surface area (Å²) in [7, 11) is 1.40. The molecule has 1 aromatic rings. The molecule has 0 saturated carbocycles. The number of carbonyl (C=O) groups is 1. The Balaban J connectivity index is 1.93. The van der Waals surface area contributed by atoms with Gasteiger partial charge in [0.2, 0.25) is 0 Å². The first-order chi connectivity index (χ1) is 13.1. The largest absolute Gasteiger partial charge is 0.491 e. The van der Waals surface area contributed by atoms with Crippen LogP contribution in [0.1, 0.15) is 32.3 Å². The van der Waals surface area contributed by atoms with Crippen LogP contribution in [0.2, 0.25) is 0 Å². The number of rotatable bonds is 6. The van der Waals surface area contributed by atoms with Gasteiger partial charge in [0.25, 0.3) is 0 Å². The summed E-state index contributed by atoms with van der Waals surface area (Å²) in [6.45, 7) is 6.62. The third-order valence-electron chi connectivity index (χ3n) is 4.33. The molecule has 0 aliphatic carbocycles. The number of hydrogen-bond donors (Lipinski definition) is 2. The van der Waals surface area contributed by atoms with E-state index < -0.39 is 0 Å². The second kappa shape index (κ2) is 10.6. The molecular formula is C19H29FN4O3. The van der Waals surface area contributed by atoms with E-state index in [1.54, 1.807) is 11.0 Å². The fourth-order valence-corrected chi connectivity index (χ4v) is 2.93. The van der Waals surface area contributed by atoms with E-state index >= 15 is 0 Å². The van der Waals surface area contributed by atoms with Crippen molar-refractivity contribution in [3.63, 3.8) is 0 Å². The molecule has 7 nitrogen and oxygen atoms in total. The van der Waals surface area contributed by atoms with Crippen LogP contribution in [-0.2, 0) is 11.3 Å². The van der Waals surface area contributed by atoms with Crippen molar-refractivity contribution in [1.29, 1.82) is 0 Å². The van der Waals surface area contributed by atoms with E-state index in [2.05, 4.69) is 15.6 Å². The summed E-state index contributed by atoms with van der Waals surface area (Å²) in [6.07, 6.45) is 1.35. The molecule has 1 fully saturated rings. The number of nitrogens with one attached hydrogen (secondary N) is 2. The van der Waals surface area contributed by atoms with E-state index in [4.69, 9.17) is 9.47 Å². The fraction of sp³-hybridized carbons (Fsp3) is 0.579. The van der Waals surface area contributed by atoms with E-state index in [1.165, 1.54) is 13.2 Å². The number of methoxy groups -OCH3 is 1. The summed E-state index contributed by atoms with van der Waals surface area (Å²) in [6, 6.07) is 5.12. The minimum atomic E-state index is -0.377. The highest BCUT2D eigenvalue weighted by Crippen LogP contribution is 2.19. The van der Waals surface area contributed by atoms with Crippen LogP contribution < -0.4 is 15.4 Å². The molecule has 1 amide bonds. The molecule has 2 N–H and O–H groups in total. The highest BCUT2D eigenvalue weighted by Gasteiger charge is 2.23. The number of carbonyl (C=O) groups excluding carboxylic acids is 1. The Hall–Kier alpha value is -2.51. The van der Waals surface area contributed by atoms with Crippen LogP contribution in [0.4, 0.5) is 9.18 Å². The highest BCUT2D eigenvalue weighted by molar-refractivity contribution is 5.80. The van der Waals surface area contributed by atoms with E-state index in [-0.39, 0.29) is 23.7 Å². The first-order valence-corrected chi connectivity index (χ1v) is 9.36. The summed E-state index contributed by atoms with van der Waals surface area (Å²) in [5.41, 5.74) is 0.772. The Morgan fingerprint density at radius 3 is 2.67 bits per heavy atom. The molecule has 1 aromatic carbocycles. The van der Waals surface area contributed by atoms with Crippen molar-refractivity contribution in [3.8, 4) is 5.75 Å². The van der Waals surface area contributed by atoms with Crippen LogP contribution >= 0.6 is 0 Å². The van der Waals surface area contributed by atoms with Gasteiger partial charge in [0, 0.05) is 25.7 Å². The van der Waals surface area contributed by atoms with Gasteiger partial charge in [-0.05, 0) is 44.4 Å². The highest BCUT2D eigenvalue weighted by atomic mass is 19.1. The number of benzene rings is 1. The van der Waals surface area contributed by atoms with Crippen molar-refractivity contribution < 1.29 is 18.7 Å². The molecule has 150 valence electrons. The SMILES string of the molecule is CCNC(=NCc1ccc(OCC)c(F)c1)NC1CCN(C(=O)OC)CC1. The lowest BCUT2D eigenvalue weighted by Crippen LogP contribution is -2.49. The predicted octanol–water partition coefficient (Wildman–Crippen LogP) is 2.51. The minimum Gasteiger partial charge on any atom is -0.491 e. The first-order valence-electron chi connectivity index (χ1n) is 9.36. The summed E-state index contributed by atoms with van der Waals surface area (Å²) >= 11 is 0. The lowest BCUT2D eigenvalue weighted by molar-refractivity contribution is 0.111. The molecule has 1 aliphatic rings. The van der Waals surface area contributed by atoms with Gasteiger partial charge in [-0.2, -0.15) is 0 Å². The van der Waals surface area contributed by atoms with Gasteiger partial charge >= 0.3 is 6.09 Å². The lowest BCUT2D eigenvalue weighted by atomic mass is 10.1. The number of hydrogen-bond acceptors (Lipinski definition) is 4. The maximum absolute atomic E-state index is 14.0. The zero-order valence-corrected chi connectivity index (χ0v) is 16.3. The molecule has 8 heteroatoms. The molecule has 27 heavy (non-hydrogen) atoms. The van der Waals surface area contributed by atoms with Crippen LogP contribution in [0.25, 0.3) is 0 Å². The first kappa shape index (κ1) is 20.8. The number of ether oxygens (including phenoxy) is 2. The van der Waals surface area contributed by atoms with Crippen molar-refractivity contribution in [2.24, 2.45) is 4.99 Å². The van der Waals surface area contributed by atoms with Crippen molar-refractivity contribution in [2.75, 3.05) is 33.4 Å². The Morgan fingerprint density at radius 2 is 2.07 bits per heavy atom. The number of amides is 1. The quantitative estimate of drug-likeness (QED) is 0.586. The lowest BCUT2D eigenvalue weighted by Gasteiger charge is -2.32. The monoisotopic (exact) mass is 380 g/mol. The number of nitrogens with zero attached hydrogens (tertiary/aromatic N) is 2. The van der Waals surface area contributed by atoms with E-state index in [0.717, 1.165) is 24.9 Å². The van der Waals surface area contributed by atoms with E-state index in [0.29, 0.717) is 32.2 Å². The smallest absolute Gasteiger partial charge is 0.409 e. The van der Waals surface area contributed by atoms with Crippen LogP contribution in [0.15, 0.2) is 23.2 Å². The third kappa shape index (κ3) is 6.30. The summed E-state index contributed by atoms with van der Waals surface area (Å²) in [5.74, 6) is 0.564. The van der Waals surface area contributed by atoms with Crippen molar-refractivity contribution in [2.45, 2.75) is 39.3 Å². The van der Waals surface area contributed by atoms with Gasteiger partial charge in [-0.3, -0.25) is 0 Å². The number of likely N-dealkylation sites (tertiary alicyclic amines) is 1. The number of halogens is 1. The average Bonchev–Trinajstić information content (AvgIpc) is 2.68. The Bertz CT molecular complexity index is 646. The number of aliphatic imine (C=N–C) groups is 1. The molecular weight excluding hydrogens is 351 g/mol. The van der Waals surface area contributed by atoms with Gasteiger partial charge in [0.15, 0.2) is 17.5 Å². The third-order valence-corrected chi connectivity index (χ3v) is 4.33. The molecule has 0 spiro atoms. The van der Waals surface area contributed by atoms with Crippen LogP contribution in [-0.4, -0.2) is 56.3 Å². The van der Waals surface area contributed by atoms with Gasteiger partial charge in [-0.1, -0.05) is 6.07 Å². The maximum Gasteiger partial charge on any atom is 0.409 e. The zero-order chi connectivity index (χ0) is 19.6. The molecule has 1 aliphatic heterocycles. The molecule has 0 bridgehead atoms. The standard InChI is InChI=1S/C19H29FN4O3/c1-4-21-18(23-15-8-10-24(11-9-15)19(25)26-3)22-13-14-6-7-17(27-5-2)16(20)12-14/h6-7,12,15H,4-5,8-11,13H2,1-3H3,(H2,21,22,23). The molecule has 0 aromatic heterocycles. The normalized spacial score (nSPS) is 15.4. The van der Waals surface area contributed by atoms with Crippen LogP contribution in [0, 0.1) is 5.82 Å². The average molecular weight is 380 g/mol. The second-order valence-electron chi connectivity index (χ2n) is 6.27. The van der Waals surface area contributed by atoms with Crippen LogP contribution in [0.3, 0.4) is 0 Å². The van der Waals surface area contributed by atoms with Gasteiger partial charge in [-0.15, -0.1) is 0 Å². The predicted molar refractivity (Wildman–Crippen MR) is 103 cm³/mol. The summed E-state index contributed by atoms with van der Waals surface area (Å²) in [5, 5.41) is 6.60. The number of piperidine rings is 1. The molecule has 2 rings (SSSR count). The van der Waals surface area contributed by atoms with Gasteiger partial charge in [0.05, 0.1) is 20.3 Å². The van der Waals surface area contributed by atoms with Crippen molar-refractivity contribution >= 4 is 12.1 Å². The molecule has 1 saturated heterocycles. The fourth-order valence-electron chi connectivity index (χ4n) is 2.93. The van der Waals surface area contributed by atoms with Gasteiger partial charge in [-0.25, -0.2) is 14.2 Å². The Kier molecular flexibility index (Phi) is 8.16. The zero-order valence-electron chi connectivity index (χ0n) is 16.3. The Morgan fingerprint density at radius 1 is 1.33 bits per heavy atom. The molecule has 0 unspecified atom stereocenters. The minimum absolute atomic E-state index is 0.223. The number of guanidine groups is 1. The molecule has 1 heterocycles. The Labute approximate surface area is 159 Å². The van der Waals surface area contributed by atoms with E-state index in [1.807, 2.05) is 19.9 Å². The molecule has 0 radical (unpaired) electrons. The topological polar surface area (TPSA) is 75.2 Å². The van der Waals surface area contributed by atoms with Gasteiger partial charge in [0.1, 0.15) is 0 Å². The van der Waals surface area contributed by atoms with Crippen molar-refractivity contribution in [3.05, 3.63) is 29.6 Å². The summed E-state index contributed by atoms with van der Waals surface area (Å²) < 4.78 is 23.9. The summed E-state index contributed by atoms with van der Waals surface area (Å²) in [4.78, 5) is 17.8. The van der Waals surface area contributed by atoms with Crippen molar-refractivity contribution in [1.82, 2.24) is 15.5 Å². The second-order valence-corrected chi connectivity index (χ2v) is 6.27. The van der Waals surface area contributed by atoms with E-state index in [9.17, 15) is 9.18 Å².